The molecule has 0 spiro atoms. The van der Waals surface area contributed by atoms with Gasteiger partial charge in [-0.3, -0.25) is 0 Å². The van der Waals surface area contributed by atoms with Gasteiger partial charge in [0.25, 0.3) is 0 Å². The van der Waals surface area contributed by atoms with Gasteiger partial charge in [-0.15, -0.1) is 0 Å². The van der Waals surface area contributed by atoms with Crippen LogP contribution in [0.5, 0.6) is 0 Å². The van der Waals surface area contributed by atoms with Crippen molar-refractivity contribution in [1.82, 2.24) is 0 Å². The Labute approximate surface area is 161 Å². The highest BCUT2D eigenvalue weighted by atomic mass is 79.9. The SMILES string of the molecule is Br[C@H]1[C@H](Br)[C@H](Br)[C@H](Br)CCCCCC[C@H](Br)[C@@H]1Br. The molecule has 0 aromatic heterocycles. The maximum atomic E-state index is 3.84. The zero-order chi connectivity index (χ0) is 13.7. The van der Waals surface area contributed by atoms with Crippen molar-refractivity contribution in [2.45, 2.75) is 67.5 Å². The molecule has 0 saturated heterocycles. The first-order chi connectivity index (χ1) is 8.45. The first-order valence-electron chi connectivity index (χ1n) is 6.29. The van der Waals surface area contributed by atoms with E-state index in [0.29, 0.717) is 29.0 Å². The van der Waals surface area contributed by atoms with Crippen LogP contribution in [0.4, 0.5) is 0 Å². The molecule has 0 aromatic carbocycles. The minimum atomic E-state index is 0.394. The minimum Gasteiger partial charge on any atom is -0.0878 e. The second-order valence-electron chi connectivity index (χ2n) is 4.80. The van der Waals surface area contributed by atoms with E-state index in [0.717, 1.165) is 0 Å². The molecule has 0 nitrogen and oxygen atoms in total. The molecule has 1 fully saturated rings. The van der Waals surface area contributed by atoms with Crippen LogP contribution < -0.4 is 0 Å². The number of hydrogen-bond acceptors (Lipinski definition) is 0. The van der Waals surface area contributed by atoms with Gasteiger partial charge in [-0.25, -0.2) is 0 Å². The lowest BCUT2D eigenvalue weighted by atomic mass is 10.0. The Balaban J connectivity index is 2.71. The molecule has 1 aliphatic carbocycles. The third-order valence-corrected chi connectivity index (χ3v) is 13.6. The van der Waals surface area contributed by atoms with Gasteiger partial charge in [0.15, 0.2) is 0 Å². The van der Waals surface area contributed by atoms with Gasteiger partial charge in [-0.2, -0.15) is 0 Å². The van der Waals surface area contributed by atoms with Crippen LogP contribution in [0.2, 0.25) is 0 Å². The molecule has 0 amide bonds. The van der Waals surface area contributed by atoms with Crippen LogP contribution in [0.1, 0.15) is 38.5 Å². The van der Waals surface area contributed by atoms with Gasteiger partial charge < -0.3 is 0 Å². The van der Waals surface area contributed by atoms with Crippen molar-refractivity contribution < 1.29 is 0 Å². The second-order valence-corrected chi connectivity index (χ2v) is 11.4. The van der Waals surface area contributed by atoms with Gasteiger partial charge in [0.2, 0.25) is 0 Å². The molecule has 1 saturated carbocycles. The first-order valence-corrected chi connectivity index (χ1v) is 11.8. The first kappa shape index (κ1) is 18.9. The number of hydrogen-bond donors (Lipinski definition) is 0. The molecular weight excluding hydrogens is 624 g/mol. The van der Waals surface area contributed by atoms with E-state index in [2.05, 4.69) is 95.6 Å². The topological polar surface area (TPSA) is 0 Å². The average Bonchev–Trinajstić information content (AvgIpc) is 2.37. The molecule has 0 bridgehead atoms. The lowest BCUT2D eigenvalue weighted by molar-refractivity contribution is 0.549. The van der Waals surface area contributed by atoms with Crippen molar-refractivity contribution in [2.24, 2.45) is 0 Å². The van der Waals surface area contributed by atoms with Crippen LogP contribution in [0, 0.1) is 0 Å². The summed E-state index contributed by atoms with van der Waals surface area (Å²) in [4.78, 5) is 2.70. The fraction of sp³-hybridized carbons (Fsp3) is 1.00. The zero-order valence-corrected chi connectivity index (χ0v) is 19.5. The lowest BCUT2D eigenvalue weighted by Crippen LogP contribution is -2.39. The molecule has 6 heteroatoms. The lowest BCUT2D eigenvalue weighted by Gasteiger charge is -2.31. The Morgan fingerprint density at radius 3 is 1.11 bits per heavy atom. The monoisotopic (exact) mass is 636 g/mol. The predicted octanol–water partition coefficient (Wildman–Crippen LogP) is 6.92. The summed E-state index contributed by atoms with van der Waals surface area (Å²) >= 11 is 23.0. The van der Waals surface area contributed by atoms with Gasteiger partial charge in [0.1, 0.15) is 0 Å². The molecule has 0 aliphatic heterocycles. The minimum absolute atomic E-state index is 0.394. The van der Waals surface area contributed by atoms with Crippen LogP contribution in [0.15, 0.2) is 0 Å². The smallest absolute Gasteiger partial charge is 0.0418 e. The van der Waals surface area contributed by atoms with Crippen LogP contribution in [0.3, 0.4) is 0 Å². The van der Waals surface area contributed by atoms with E-state index in [1.54, 1.807) is 0 Å². The quantitative estimate of drug-likeness (QED) is 0.252. The summed E-state index contributed by atoms with van der Waals surface area (Å²) in [5, 5.41) is 0. The van der Waals surface area contributed by atoms with Crippen LogP contribution in [-0.2, 0) is 0 Å². The highest BCUT2D eigenvalue weighted by molar-refractivity contribution is 9.15. The summed E-state index contributed by atoms with van der Waals surface area (Å²) in [7, 11) is 0. The van der Waals surface area contributed by atoms with Gasteiger partial charge >= 0.3 is 0 Å². The Morgan fingerprint density at radius 1 is 0.444 bits per heavy atom. The fourth-order valence-electron chi connectivity index (χ4n) is 2.10. The van der Waals surface area contributed by atoms with E-state index in [9.17, 15) is 0 Å². The van der Waals surface area contributed by atoms with E-state index in [1.807, 2.05) is 0 Å². The van der Waals surface area contributed by atoms with E-state index in [1.165, 1.54) is 38.5 Å². The third kappa shape index (κ3) is 5.94. The molecule has 1 rings (SSSR count). The van der Waals surface area contributed by atoms with Crippen molar-refractivity contribution in [3.8, 4) is 0 Å². The van der Waals surface area contributed by atoms with Gasteiger partial charge in [0.05, 0.1) is 0 Å². The van der Waals surface area contributed by atoms with Crippen molar-refractivity contribution in [1.29, 1.82) is 0 Å². The summed E-state index contributed by atoms with van der Waals surface area (Å²) in [6.07, 6.45) is 7.80. The van der Waals surface area contributed by atoms with E-state index in [4.69, 9.17) is 0 Å². The summed E-state index contributed by atoms with van der Waals surface area (Å²) < 4.78 is 0. The molecule has 0 aromatic rings. The molecule has 1 aliphatic rings. The van der Waals surface area contributed by atoms with Gasteiger partial charge in [0, 0.05) is 29.0 Å². The fourth-order valence-corrected chi connectivity index (χ4v) is 7.63. The number of alkyl halides is 6. The Bertz CT molecular complexity index is 213. The largest absolute Gasteiger partial charge is 0.0878 e. The molecule has 0 N–H and O–H groups in total. The molecule has 0 radical (unpaired) electrons. The van der Waals surface area contributed by atoms with E-state index < -0.39 is 0 Å². The highest BCUT2D eigenvalue weighted by Gasteiger charge is 2.35. The maximum absolute atomic E-state index is 3.84. The predicted molar refractivity (Wildman–Crippen MR) is 104 cm³/mol. The Morgan fingerprint density at radius 2 is 0.778 bits per heavy atom. The summed E-state index contributed by atoms with van der Waals surface area (Å²) in [5.74, 6) is 0. The number of rotatable bonds is 0. The number of halogens is 6. The second kappa shape index (κ2) is 9.81. The Kier molecular flexibility index (Phi) is 10.3. The van der Waals surface area contributed by atoms with Crippen molar-refractivity contribution in [2.75, 3.05) is 0 Å². The summed E-state index contributed by atoms with van der Waals surface area (Å²) in [6, 6.07) is 0. The van der Waals surface area contributed by atoms with Crippen molar-refractivity contribution in [3.05, 3.63) is 0 Å². The summed E-state index contributed by atoms with van der Waals surface area (Å²) in [5.41, 5.74) is 0. The normalized spacial score (nSPS) is 45.0. The van der Waals surface area contributed by atoms with Gasteiger partial charge in [-0.05, 0) is 12.8 Å². The highest BCUT2D eigenvalue weighted by Crippen LogP contribution is 2.37. The molecule has 18 heavy (non-hydrogen) atoms. The van der Waals surface area contributed by atoms with Crippen LogP contribution in [-0.4, -0.2) is 29.0 Å². The molecule has 6 atom stereocenters. The molecule has 108 valence electrons. The van der Waals surface area contributed by atoms with Crippen LogP contribution in [0.25, 0.3) is 0 Å². The third-order valence-electron chi connectivity index (χ3n) is 3.31. The molecule has 0 unspecified atom stereocenters. The standard InChI is InChI=1S/C12H18Br6/c13-7-5-3-1-2-4-6-8(14)10(16)12(18)11(17)9(7)15/h7-12H,1-6H2/t7-,8+,9-,10+,11-,12-/m1/s1. The average molecular weight is 642 g/mol. The Hall–Kier alpha value is 2.88. The maximum Gasteiger partial charge on any atom is 0.0418 e. The summed E-state index contributed by atoms with van der Waals surface area (Å²) in [6.45, 7) is 0. The zero-order valence-electron chi connectivity index (χ0n) is 9.97. The molecule has 0 heterocycles. The van der Waals surface area contributed by atoms with Crippen molar-refractivity contribution >= 4 is 95.6 Å². The van der Waals surface area contributed by atoms with Gasteiger partial charge in [-0.1, -0.05) is 121 Å². The van der Waals surface area contributed by atoms with Crippen LogP contribution >= 0.6 is 95.6 Å². The van der Waals surface area contributed by atoms with E-state index >= 15 is 0 Å². The van der Waals surface area contributed by atoms with E-state index in [-0.39, 0.29) is 0 Å². The molecular formula is C12H18Br6. The van der Waals surface area contributed by atoms with Crippen molar-refractivity contribution in [3.63, 3.8) is 0 Å².